The Kier molecular flexibility index (Phi) is 5.65. The molecule has 3 aromatic rings. The SMILES string of the molecule is Cc1ccc2sc(N(CC3CCCO3)C(=O)c3cccc(S(C)(=O)=O)c3)nc2c1C. The number of aromatic nitrogens is 1. The summed E-state index contributed by atoms with van der Waals surface area (Å²) in [6.07, 6.45) is 2.94. The molecule has 0 aliphatic carbocycles. The molecule has 8 heteroatoms. The summed E-state index contributed by atoms with van der Waals surface area (Å²) in [5, 5.41) is 0.601. The van der Waals surface area contributed by atoms with Crippen molar-refractivity contribution >= 4 is 42.4 Å². The fraction of sp³-hybridized carbons (Fsp3) is 0.364. The lowest BCUT2D eigenvalue weighted by Crippen LogP contribution is -2.37. The van der Waals surface area contributed by atoms with Crippen LogP contribution in [0.3, 0.4) is 0 Å². The van der Waals surface area contributed by atoms with Crippen LogP contribution in [0.25, 0.3) is 10.2 Å². The van der Waals surface area contributed by atoms with Gasteiger partial charge in [-0.15, -0.1) is 0 Å². The fourth-order valence-electron chi connectivity index (χ4n) is 3.59. The van der Waals surface area contributed by atoms with Crippen LogP contribution in [-0.2, 0) is 14.6 Å². The highest BCUT2D eigenvalue weighted by Crippen LogP contribution is 2.33. The van der Waals surface area contributed by atoms with E-state index < -0.39 is 9.84 Å². The van der Waals surface area contributed by atoms with Gasteiger partial charge in [0.2, 0.25) is 0 Å². The molecule has 4 rings (SSSR count). The molecule has 1 fully saturated rings. The molecule has 0 saturated carbocycles. The summed E-state index contributed by atoms with van der Waals surface area (Å²) >= 11 is 1.46. The maximum atomic E-state index is 13.5. The molecule has 0 radical (unpaired) electrons. The first-order valence-electron chi connectivity index (χ1n) is 9.84. The van der Waals surface area contributed by atoms with Crippen LogP contribution in [0.4, 0.5) is 5.13 Å². The van der Waals surface area contributed by atoms with Crippen molar-refractivity contribution in [3.05, 3.63) is 53.1 Å². The van der Waals surface area contributed by atoms with E-state index in [-0.39, 0.29) is 16.9 Å². The van der Waals surface area contributed by atoms with E-state index in [2.05, 4.69) is 6.07 Å². The number of fused-ring (bicyclic) bond motifs is 1. The van der Waals surface area contributed by atoms with Crippen molar-refractivity contribution < 1.29 is 17.9 Å². The highest BCUT2D eigenvalue weighted by atomic mass is 32.2. The number of nitrogens with zero attached hydrogens (tertiary/aromatic N) is 2. The Morgan fingerprint density at radius 1 is 1.27 bits per heavy atom. The molecule has 1 aliphatic heterocycles. The van der Waals surface area contributed by atoms with Crippen molar-refractivity contribution in [2.24, 2.45) is 0 Å². The summed E-state index contributed by atoms with van der Waals surface area (Å²) in [7, 11) is -3.41. The smallest absolute Gasteiger partial charge is 0.260 e. The molecule has 6 nitrogen and oxygen atoms in total. The molecule has 2 heterocycles. The molecule has 1 saturated heterocycles. The molecule has 0 N–H and O–H groups in total. The molecular formula is C22H24N2O4S2. The van der Waals surface area contributed by atoms with E-state index >= 15 is 0 Å². The third-order valence-corrected chi connectivity index (χ3v) is 7.62. The van der Waals surface area contributed by atoms with Gasteiger partial charge in [-0.25, -0.2) is 13.4 Å². The number of rotatable bonds is 5. The molecule has 158 valence electrons. The zero-order valence-electron chi connectivity index (χ0n) is 17.2. The first kappa shape index (κ1) is 21.0. The minimum absolute atomic E-state index is 0.0538. The van der Waals surface area contributed by atoms with Crippen molar-refractivity contribution in [3.8, 4) is 0 Å². The second-order valence-electron chi connectivity index (χ2n) is 7.70. The third kappa shape index (κ3) is 4.12. The van der Waals surface area contributed by atoms with Gasteiger partial charge >= 0.3 is 0 Å². The van der Waals surface area contributed by atoms with Crippen LogP contribution in [0.2, 0.25) is 0 Å². The topological polar surface area (TPSA) is 76.6 Å². The summed E-state index contributed by atoms with van der Waals surface area (Å²) in [6.45, 7) is 5.15. The molecule has 0 spiro atoms. The van der Waals surface area contributed by atoms with Gasteiger partial charge in [-0.1, -0.05) is 23.5 Å². The second kappa shape index (κ2) is 8.09. The number of amides is 1. The average Bonchev–Trinajstić information content (AvgIpc) is 3.38. The van der Waals surface area contributed by atoms with Gasteiger partial charge in [0, 0.05) is 18.4 Å². The normalized spacial score (nSPS) is 16.8. The van der Waals surface area contributed by atoms with Crippen molar-refractivity contribution in [1.29, 1.82) is 0 Å². The zero-order valence-corrected chi connectivity index (χ0v) is 18.8. The standard InChI is InChI=1S/C22H24N2O4S2/c1-14-9-10-19-20(15(14)2)23-22(29-19)24(13-17-7-5-11-28-17)21(25)16-6-4-8-18(12-16)30(3,26)27/h4,6,8-10,12,17H,5,7,11,13H2,1-3H3. The number of sulfone groups is 1. The molecule has 30 heavy (non-hydrogen) atoms. The number of carbonyl (C=O) groups is 1. The van der Waals surface area contributed by atoms with Gasteiger partial charge in [0.05, 0.1) is 27.8 Å². The Hall–Kier alpha value is -2.29. The first-order chi connectivity index (χ1) is 14.2. The molecule has 1 aliphatic rings. The van der Waals surface area contributed by atoms with Gasteiger partial charge in [-0.05, 0) is 62.1 Å². The lowest BCUT2D eigenvalue weighted by molar-refractivity contribution is 0.0917. The minimum atomic E-state index is -3.41. The molecule has 0 bridgehead atoms. The van der Waals surface area contributed by atoms with Crippen molar-refractivity contribution in [2.45, 2.75) is 37.7 Å². The van der Waals surface area contributed by atoms with Crippen LogP contribution in [-0.4, -0.2) is 44.8 Å². The van der Waals surface area contributed by atoms with Gasteiger partial charge < -0.3 is 4.74 Å². The second-order valence-corrected chi connectivity index (χ2v) is 10.7. The minimum Gasteiger partial charge on any atom is -0.376 e. The number of thiazole rings is 1. The largest absolute Gasteiger partial charge is 0.376 e. The van der Waals surface area contributed by atoms with Crippen molar-refractivity contribution in [2.75, 3.05) is 24.3 Å². The van der Waals surface area contributed by atoms with E-state index in [0.29, 0.717) is 23.8 Å². The van der Waals surface area contributed by atoms with Crippen LogP contribution in [0, 0.1) is 13.8 Å². The van der Waals surface area contributed by atoms with Gasteiger partial charge in [-0.3, -0.25) is 9.69 Å². The van der Waals surface area contributed by atoms with E-state index in [0.717, 1.165) is 40.4 Å². The van der Waals surface area contributed by atoms with E-state index in [1.165, 1.54) is 23.5 Å². The Balaban J connectivity index is 1.77. The van der Waals surface area contributed by atoms with Crippen LogP contribution in [0.1, 0.15) is 34.3 Å². The Morgan fingerprint density at radius 3 is 2.77 bits per heavy atom. The molecule has 1 unspecified atom stereocenters. The Bertz CT molecular complexity index is 1210. The summed E-state index contributed by atoms with van der Waals surface area (Å²) in [6, 6.07) is 10.3. The highest BCUT2D eigenvalue weighted by Gasteiger charge is 2.28. The average molecular weight is 445 g/mol. The fourth-order valence-corrected chi connectivity index (χ4v) is 5.28. The van der Waals surface area contributed by atoms with E-state index in [1.807, 2.05) is 19.9 Å². The highest BCUT2D eigenvalue weighted by molar-refractivity contribution is 7.90. The monoisotopic (exact) mass is 444 g/mol. The molecule has 1 atom stereocenters. The van der Waals surface area contributed by atoms with E-state index in [1.54, 1.807) is 17.0 Å². The lowest BCUT2D eigenvalue weighted by Gasteiger charge is -2.23. The maximum Gasteiger partial charge on any atom is 0.260 e. The number of hydrogen-bond acceptors (Lipinski definition) is 6. The van der Waals surface area contributed by atoms with E-state index in [4.69, 9.17) is 9.72 Å². The molecule has 1 aromatic heterocycles. The number of benzene rings is 2. The quantitative estimate of drug-likeness (QED) is 0.591. The van der Waals surface area contributed by atoms with E-state index in [9.17, 15) is 13.2 Å². The number of ether oxygens (including phenoxy) is 1. The maximum absolute atomic E-state index is 13.5. The summed E-state index contributed by atoms with van der Waals surface area (Å²) in [4.78, 5) is 20.0. The summed E-state index contributed by atoms with van der Waals surface area (Å²) in [5.74, 6) is -0.274. The van der Waals surface area contributed by atoms with Crippen LogP contribution >= 0.6 is 11.3 Å². The summed E-state index contributed by atoms with van der Waals surface area (Å²) < 4.78 is 30.7. The lowest BCUT2D eigenvalue weighted by atomic mass is 10.1. The predicted molar refractivity (Wildman–Crippen MR) is 119 cm³/mol. The van der Waals surface area contributed by atoms with Crippen LogP contribution < -0.4 is 4.90 Å². The third-order valence-electron chi connectivity index (χ3n) is 5.47. The Morgan fingerprint density at radius 2 is 2.07 bits per heavy atom. The number of aryl methyl sites for hydroxylation is 2. The Labute approximate surface area is 180 Å². The number of anilines is 1. The zero-order chi connectivity index (χ0) is 21.5. The predicted octanol–water partition coefficient (Wildman–Crippen LogP) is 4.14. The molecule has 1 amide bonds. The van der Waals surface area contributed by atoms with Crippen LogP contribution in [0.15, 0.2) is 41.3 Å². The van der Waals surface area contributed by atoms with Gasteiger partial charge in [0.25, 0.3) is 5.91 Å². The van der Waals surface area contributed by atoms with Crippen molar-refractivity contribution in [3.63, 3.8) is 0 Å². The summed E-state index contributed by atoms with van der Waals surface area (Å²) in [5.41, 5.74) is 3.46. The molecular weight excluding hydrogens is 420 g/mol. The van der Waals surface area contributed by atoms with Crippen LogP contribution in [0.5, 0.6) is 0 Å². The van der Waals surface area contributed by atoms with Crippen molar-refractivity contribution in [1.82, 2.24) is 4.98 Å². The number of hydrogen-bond donors (Lipinski definition) is 0. The van der Waals surface area contributed by atoms with Gasteiger partial charge in [-0.2, -0.15) is 0 Å². The van der Waals surface area contributed by atoms with Gasteiger partial charge in [0.1, 0.15) is 0 Å². The first-order valence-corrected chi connectivity index (χ1v) is 12.5. The van der Waals surface area contributed by atoms with Gasteiger partial charge in [0.15, 0.2) is 15.0 Å². The molecule has 2 aromatic carbocycles. The number of carbonyl (C=O) groups excluding carboxylic acids is 1.